The second kappa shape index (κ2) is 8.10. The second-order valence-corrected chi connectivity index (χ2v) is 5.05. The molecule has 22 heavy (non-hydrogen) atoms. The van der Waals surface area contributed by atoms with Gasteiger partial charge in [-0.3, -0.25) is 4.90 Å². The van der Waals surface area contributed by atoms with Gasteiger partial charge in [0, 0.05) is 44.4 Å². The summed E-state index contributed by atoms with van der Waals surface area (Å²) in [5.74, 6) is -0.667. The molecule has 0 saturated carbocycles. The Bertz CT molecular complexity index is 478. The molecule has 3 nitrogen and oxygen atoms in total. The Labute approximate surface area is 132 Å². The minimum absolute atomic E-state index is 0. The third kappa shape index (κ3) is 4.55. The van der Waals surface area contributed by atoms with Gasteiger partial charge in [0.1, 0.15) is 5.82 Å². The highest BCUT2D eigenvalue weighted by Gasteiger charge is 2.33. The maximum absolute atomic E-state index is 14.0. The van der Waals surface area contributed by atoms with Gasteiger partial charge in [0.05, 0.1) is 5.56 Å². The number of benzene rings is 1. The van der Waals surface area contributed by atoms with Crippen LogP contribution < -0.4 is 5.32 Å². The Balaban J connectivity index is 0.00000242. The molecule has 1 atom stereocenters. The Morgan fingerprint density at radius 1 is 1.23 bits per heavy atom. The van der Waals surface area contributed by atoms with E-state index in [2.05, 4.69) is 5.32 Å². The molecule has 8 heteroatoms. The van der Waals surface area contributed by atoms with Crippen molar-refractivity contribution >= 4 is 12.4 Å². The van der Waals surface area contributed by atoms with Crippen LogP contribution in [0.5, 0.6) is 0 Å². The number of nitrogens with zero attached hydrogens (tertiary/aromatic N) is 1. The summed E-state index contributed by atoms with van der Waals surface area (Å²) in [4.78, 5) is 1.91. The van der Waals surface area contributed by atoms with Crippen LogP contribution in [0.2, 0.25) is 0 Å². The van der Waals surface area contributed by atoms with Crippen molar-refractivity contribution in [1.82, 2.24) is 10.2 Å². The Hall–Kier alpha value is -0.890. The summed E-state index contributed by atoms with van der Waals surface area (Å²) >= 11 is 0. The fraction of sp³-hybridized carbons (Fsp3) is 0.571. The van der Waals surface area contributed by atoms with Crippen molar-refractivity contribution in [3.63, 3.8) is 0 Å². The van der Waals surface area contributed by atoms with Crippen LogP contribution in [0.1, 0.15) is 23.6 Å². The molecular weight excluding hydrogens is 324 g/mol. The Kier molecular flexibility index (Phi) is 7.05. The van der Waals surface area contributed by atoms with Crippen molar-refractivity contribution in [2.45, 2.75) is 18.6 Å². The van der Waals surface area contributed by atoms with Gasteiger partial charge in [-0.05, 0) is 24.6 Å². The van der Waals surface area contributed by atoms with Crippen LogP contribution in [0.25, 0.3) is 0 Å². The van der Waals surface area contributed by atoms with Gasteiger partial charge >= 0.3 is 6.18 Å². The summed E-state index contributed by atoms with van der Waals surface area (Å²) in [6.07, 6.45) is -4.30. The van der Waals surface area contributed by atoms with Crippen LogP contribution in [0, 0.1) is 5.82 Å². The maximum atomic E-state index is 14.0. The number of piperazine rings is 1. The van der Waals surface area contributed by atoms with E-state index in [-0.39, 0.29) is 31.0 Å². The second-order valence-electron chi connectivity index (χ2n) is 5.05. The number of hydrogen-bond donors (Lipinski definition) is 2. The molecule has 2 rings (SSSR count). The molecule has 0 aliphatic carbocycles. The average molecular weight is 343 g/mol. The third-order valence-electron chi connectivity index (χ3n) is 3.68. The number of aliphatic hydroxyl groups is 1. The van der Waals surface area contributed by atoms with E-state index in [1.807, 2.05) is 4.90 Å². The van der Waals surface area contributed by atoms with Crippen molar-refractivity contribution in [2.75, 3.05) is 32.8 Å². The number of halogens is 5. The predicted octanol–water partition coefficient (Wildman–Crippen LogP) is 2.60. The van der Waals surface area contributed by atoms with E-state index in [1.54, 1.807) is 0 Å². The van der Waals surface area contributed by atoms with E-state index in [4.69, 9.17) is 5.11 Å². The lowest BCUT2D eigenvalue weighted by molar-refractivity contribution is -0.137. The molecule has 0 bridgehead atoms. The van der Waals surface area contributed by atoms with Crippen LogP contribution in [0.4, 0.5) is 17.6 Å². The molecule has 126 valence electrons. The van der Waals surface area contributed by atoms with Gasteiger partial charge in [-0.25, -0.2) is 4.39 Å². The summed E-state index contributed by atoms with van der Waals surface area (Å²) in [6, 6.07) is 1.91. The van der Waals surface area contributed by atoms with Crippen LogP contribution in [-0.4, -0.2) is 42.8 Å². The first-order valence-electron chi connectivity index (χ1n) is 6.85. The molecule has 0 unspecified atom stereocenters. The smallest absolute Gasteiger partial charge is 0.396 e. The normalized spacial score (nSPS) is 17.9. The highest BCUT2D eigenvalue weighted by Crippen LogP contribution is 2.34. The van der Waals surface area contributed by atoms with Crippen molar-refractivity contribution in [3.8, 4) is 0 Å². The van der Waals surface area contributed by atoms with E-state index >= 15 is 0 Å². The molecule has 1 aliphatic rings. The fourth-order valence-corrected chi connectivity index (χ4v) is 2.63. The molecule has 0 radical (unpaired) electrons. The number of alkyl halides is 3. The van der Waals surface area contributed by atoms with Crippen LogP contribution in [0.3, 0.4) is 0 Å². The summed E-state index contributed by atoms with van der Waals surface area (Å²) < 4.78 is 52.4. The average Bonchev–Trinajstić information content (AvgIpc) is 2.45. The maximum Gasteiger partial charge on any atom is 0.416 e. The lowest BCUT2D eigenvalue weighted by Crippen LogP contribution is -2.45. The topological polar surface area (TPSA) is 35.5 Å². The van der Waals surface area contributed by atoms with Gasteiger partial charge in [0.25, 0.3) is 0 Å². The molecule has 2 N–H and O–H groups in total. The monoisotopic (exact) mass is 342 g/mol. The highest BCUT2D eigenvalue weighted by atomic mass is 35.5. The molecule has 1 aromatic rings. The SMILES string of the molecule is Cl.OCC[C@@H](c1cc(C(F)(F)F)ccc1F)N1CCNCC1. The van der Waals surface area contributed by atoms with Crippen molar-refractivity contribution in [1.29, 1.82) is 0 Å². The molecule has 0 amide bonds. The number of nitrogens with one attached hydrogen (secondary N) is 1. The quantitative estimate of drug-likeness (QED) is 0.826. The van der Waals surface area contributed by atoms with E-state index in [0.29, 0.717) is 26.2 Å². The lowest BCUT2D eigenvalue weighted by atomic mass is 9.98. The van der Waals surface area contributed by atoms with E-state index < -0.39 is 23.6 Å². The summed E-state index contributed by atoms with van der Waals surface area (Å²) in [6.45, 7) is 2.41. The number of rotatable bonds is 4. The molecule has 1 aliphatic heterocycles. The minimum atomic E-state index is -4.50. The van der Waals surface area contributed by atoms with Gasteiger partial charge in [0.15, 0.2) is 0 Å². The molecule has 1 heterocycles. The van der Waals surface area contributed by atoms with Gasteiger partial charge in [0.2, 0.25) is 0 Å². The lowest BCUT2D eigenvalue weighted by Gasteiger charge is -2.35. The standard InChI is InChI=1S/C14H18F4N2O.ClH/c15-12-2-1-10(14(16,17)18)9-11(12)13(3-8-21)20-6-4-19-5-7-20;/h1-2,9,13,19,21H,3-8H2;1H/t13-;/m0./s1. The van der Waals surface area contributed by atoms with Gasteiger partial charge in [-0.2, -0.15) is 13.2 Å². The zero-order valence-electron chi connectivity index (χ0n) is 11.9. The molecule has 1 aromatic carbocycles. The van der Waals surface area contributed by atoms with E-state index in [0.717, 1.165) is 18.2 Å². The summed E-state index contributed by atoms with van der Waals surface area (Å²) in [5, 5.41) is 12.3. The van der Waals surface area contributed by atoms with Crippen LogP contribution >= 0.6 is 12.4 Å². The number of aliphatic hydroxyl groups excluding tert-OH is 1. The van der Waals surface area contributed by atoms with Crippen molar-refractivity contribution < 1.29 is 22.7 Å². The minimum Gasteiger partial charge on any atom is -0.396 e. The number of hydrogen-bond acceptors (Lipinski definition) is 3. The Morgan fingerprint density at radius 2 is 1.86 bits per heavy atom. The largest absolute Gasteiger partial charge is 0.416 e. The van der Waals surface area contributed by atoms with Crippen LogP contribution in [-0.2, 0) is 6.18 Å². The van der Waals surface area contributed by atoms with Gasteiger partial charge < -0.3 is 10.4 Å². The van der Waals surface area contributed by atoms with Crippen molar-refractivity contribution in [3.05, 3.63) is 35.1 Å². The first-order valence-corrected chi connectivity index (χ1v) is 6.85. The molecule has 0 spiro atoms. The molecular formula is C14H19ClF4N2O. The predicted molar refractivity (Wildman–Crippen MR) is 77.5 cm³/mol. The zero-order chi connectivity index (χ0) is 15.5. The molecule has 1 saturated heterocycles. The third-order valence-corrected chi connectivity index (χ3v) is 3.68. The van der Waals surface area contributed by atoms with Crippen LogP contribution in [0.15, 0.2) is 18.2 Å². The summed E-state index contributed by atoms with van der Waals surface area (Å²) in [7, 11) is 0. The first-order chi connectivity index (χ1) is 9.93. The first kappa shape index (κ1) is 19.2. The Morgan fingerprint density at radius 3 is 2.41 bits per heavy atom. The molecule has 0 aromatic heterocycles. The fourth-order valence-electron chi connectivity index (χ4n) is 2.63. The molecule has 1 fully saturated rings. The summed E-state index contributed by atoms with van der Waals surface area (Å²) in [5.41, 5.74) is -0.863. The van der Waals surface area contributed by atoms with Gasteiger partial charge in [-0.15, -0.1) is 12.4 Å². The van der Waals surface area contributed by atoms with E-state index in [1.165, 1.54) is 0 Å². The highest BCUT2D eigenvalue weighted by molar-refractivity contribution is 5.85. The van der Waals surface area contributed by atoms with Gasteiger partial charge in [-0.1, -0.05) is 0 Å². The van der Waals surface area contributed by atoms with E-state index in [9.17, 15) is 17.6 Å². The van der Waals surface area contributed by atoms with Crippen molar-refractivity contribution in [2.24, 2.45) is 0 Å². The zero-order valence-corrected chi connectivity index (χ0v) is 12.7.